The zero-order valence-electron chi connectivity index (χ0n) is 15.3. The molecular formula is C22H20FN2S+. The topological polar surface area (TPSA) is 16.8 Å². The number of pyridine rings is 1. The summed E-state index contributed by atoms with van der Waals surface area (Å²) < 4.78 is 16.5. The Kier molecular flexibility index (Phi) is 4.08. The highest BCUT2D eigenvalue weighted by Crippen LogP contribution is 2.35. The van der Waals surface area contributed by atoms with Crippen molar-refractivity contribution in [3.05, 3.63) is 71.2 Å². The Labute approximate surface area is 156 Å². The highest BCUT2D eigenvalue weighted by Gasteiger charge is 2.22. The van der Waals surface area contributed by atoms with E-state index < -0.39 is 0 Å². The largest absolute Gasteiger partial charge is 0.239 e. The molecule has 0 bridgehead atoms. The summed E-state index contributed by atoms with van der Waals surface area (Å²) in [5, 5.41) is 0.912. The fourth-order valence-corrected chi connectivity index (χ4v) is 4.32. The quantitative estimate of drug-likeness (QED) is 0.429. The molecule has 0 saturated heterocycles. The molecule has 2 heterocycles. The van der Waals surface area contributed by atoms with Crippen molar-refractivity contribution in [1.29, 1.82) is 0 Å². The molecule has 0 unspecified atom stereocenters. The van der Waals surface area contributed by atoms with E-state index in [1.165, 1.54) is 34.4 Å². The van der Waals surface area contributed by atoms with Crippen LogP contribution in [0.1, 0.15) is 16.7 Å². The predicted molar refractivity (Wildman–Crippen MR) is 106 cm³/mol. The summed E-state index contributed by atoms with van der Waals surface area (Å²) in [6, 6.07) is 13.1. The zero-order chi connectivity index (χ0) is 18.4. The second-order valence-electron chi connectivity index (χ2n) is 6.77. The monoisotopic (exact) mass is 363 g/mol. The lowest BCUT2D eigenvalue weighted by molar-refractivity contribution is -0.659. The lowest BCUT2D eigenvalue weighted by Crippen LogP contribution is -2.30. The Morgan fingerprint density at radius 1 is 1.00 bits per heavy atom. The van der Waals surface area contributed by atoms with Gasteiger partial charge in [0.2, 0.25) is 5.69 Å². The van der Waals surface area contributed by atoms with E-state index in [1.54, 1.807) is 23.5 Å². The first-order valence-corrected chi connectivity index (χ1v) is 9.39. The summed E-state index contributed by atoms with van der Waals surface area (Å²) in [5.74, 6) is -0.229. The number of aromatic nitrogens is 2. The van der Waals surface area contributed by atoms with E-state index >= 15 is 0 Å². The lowest BCUT2D eigenvalue weighted by Gasteiger charge is -2.09. The van der Waals surface area contributed by atoms with Crippen LogP contribution in [-0.2, 0) is 7.05 Å². The van der Waals surface area contributed by atoms with Gasteiger partial charge in [0.15, 0.2) is 11.7 Å². The molecule has 0 spiro atoms. The summed E-state index contributed by atoms with van der Waals surface area (Å²) in [5.41, 5.74) is 8.07. The molecule has 0 aliphatic rings. The minimum absolute atomic E-state index is 0.229. The van der Waals surface area contributed by atoms with Gasteiger partial charge in [-0.1, -0.05) is 11.6 Å². The van der Waals surface area contributed by atoms with Crippen LogP contribution in [0.2, 0.25) is 0 Å². The van der Waals surface area contributed by atoms with E-state index in [2.05, 4.69) is 56.8 Å². The van der Waals surface area contributed by atoms with Crippen LogP contribution in [0.4, 0.5) is 4.39 Å². The highest BCUT2D eigenvalue weighted by atomic mass is 32.1. The fraction of sp³-hybridized carbons (Fsp3) is 0.182. The van der Waals surface area contributed by atoms with Crippen molar-refractivity contribution in [1.82, 2.24) is 4.98 Å². The molecule has 2 aromatic carbocycles. The molecule has 0 amide bonds. The molecule has 0 aliphatic heterocycles. The van der Waals surface area contributed by atoms with E-state index in [1.807, 2.05) is 0 Å². The van der Waals surface area contributed by atoms with E-state index in [0.29, 0.717) is 0 Å². The van der Waals surface area contributed by atoms with Gasteiger partial charge in [-0.2, -0.15) is 4.57 Å². The fourth-order valence-electron chi connectivity index (χ4n) is 3.35. The van der Waals surface area contributed by atoms with Crippen molar-refractivity contribution >= 4 is 21.6 Å². The number of hydrogen-bond acceptors (Lipinski definition) is 2. The molecule has 2 nitrogen and oxygen atoms in total. The van der Waals surface area contributed by atoms with Gasteiger partial charge >= 0.3 is 0 Å². The minimum Gasteiger partial charge on any atom is -0.229 e. The number of thiazole rings is 1. The molecule has 0 aliphatic carbocycles. The molecule has 2 aromatic heterocycles. The van der Waals surface area contributed by atoms with Gasteiger partial charge in [-0.3, -0.25) is 0 Å². The Morgan fingerprint density at radius 3 is 2.46 bits per heavy atom. The summed E-state index contributed by atoms with van der Waals surface area (Å²) in [7, 11) is 2.06. The van der Waals surface area contributed by atoms with Crippen LogP contribution in [0, 0.1) is 26.6 Å². The van der Waals surface area contributed by atoms with Crippen molar-refractivity contribution < 1.29 is 8.96 Å². The molecule has 4 aromatic rings. The van der Waals surface area contributed by atoms with E-state index in [9.17, 15) is 4.39 Å². The van der Waals surface area contributed by atoms with Crippen molar-refractivity contribution in [2.75, 3.05) is 0 Å². The normalized spacial score (nSPS) is 11.3. The SMILES string of the molecule is Cc1cc(C)c(C)c(-c2c3nc(-c4ccc(F)cc4)sc3cc[n+]2C)c1. The van der Waals surface area contributed by atoms with E-state index in [4.69, 9.17) is 4.98 Å². The number of aryl methyl sites for hydroxylation is 3. The molecule has 4 heteroatoms. The maximum absolute atomic E-state index is 13.2. The van der Waals surface area contributed by atoms with Crippen molar-refractivity contribution in [2.45, 2.75) is 20.8 Å². The second-order valence-corrected chi connectivity index (χ2v) is 7.80. The summed E-state index contributed by atoms with van der Waals surface area (Å²) in [6.07, 6.45) is 2.08. The maximum Gasteiger partial charge on any atom is 0.239 e. The first-order chi connectivity index (χ1) is 12.4. The standard InChI is InChI=1S/C22H20FN2S/c1-13-11-14(2)15(3)18(12-13)21-20-19(9-10-25(21)4)26-22(24-20)16-5-7-17(23)8-6-16/h5-12H,1-4H3/q+1. The minimum atomic E-state index is -0.229. The van der Waals surface area contributed by atoms with Gasteiger partial charge in [0.1, 0.15) is 17.9 Å². The smallest absolute Gasteiger partial charge is 0.229 e. The van der Waals surface area contributed by atoms with Crippen LogP contribution in [0.3, 0.4) is 0 Å². The first-order valence-electron chi connectivity index (χ1n) is 8.57. The second kappa shape index (κ2) is 6.29. The highest BCUT2D eigenvalue weighted by molar-refractivity contribution is 7.21. The van der Waals surface area contributed by atoms with E-state index in [0.717, 1.165) is 26.5 Å². The summed E-state index contributed by atoms with van der Waals surface area (Å²) in [6.45, 7) is 6.44. The average Bonchev–Trinajstić information content (AvgIpc) is 3.03. The average molecular weight is 363 g/mol. The Bertz CT molecular complexity index is 1130. The van der Waals surface area contributed by atoms with Crippen LogP contribution >= 0.6 is 11.3 Å². The van der Waals surface area contributed by atoms with Gasteiger partial charge in [-0.25, -0.2) is 9.37 Å². The van der Waals surface area contributed by atoms with Crippen molar-refractivity contribution in [3.63, 3.8) is 0 Å². The van der Waals surface area contributed by atoms with Gasteiger partial charge in [-0.15, -0.1) is 11.3 Å². The number of nitrogens with zero attached hydrogens (tertiary/aromatic N) is 2. The third-order valence-electron chi connectivity index (χ3n) is 4.84. The third-order valence-corrected chi connectivity index (χ3v) is 5.91. The predicted octanol–water partition coefficient (Wildman–Crippen LogP) is 5.52. The van der Waals surface area contributed by atoms with Gasteiger partial charge < -0.3 is 0 Å². The lowest BCUT2D eigenvalue weighted by atomic mass is 9.97. The van der Waals surface area contributed by atoms with Crippen LogP contribution < -0.4 is 4.57 Å². The van der Waals surface area contributed by atoms with E-state index in [-0.39, 0.29) is 5.82 Å². The van der Waals surface area contributed by atoms with Gasteiger partial charge in [0.25, 0.3) is 0 Å². The van der Waals surface area contributed by atoms with Gasteiger partial charge in [0.05, 0.1) is 10.3 Å². The van der Waals surface area contributed by atoms with Crippen molar-refractivity contribution in [2.24, 2.45) is 7.05 Å². The number of rotatable bonds is 2. The van der Waals surface area contributed by atoms with Crippen LogP contribution in [-0.4, -0.2) is 4.98 Å². The molecule has 0 radical (unpaired) electrons. The number of hydrogen-bond donors (Lipinski definition) is 0. The molecule has 0 N–H and O–H groups in total. The number of fused-ring (bicyclic) bond motifs is 1. The Balaban J connectivity index is 1.98. The molecule has 0 fully saturated rings. The molecule has 130 valence electrons. The Morgan fingerprint density at radius 2 is 1.73 bits per heavy atom. The molecule has 4 rings (SSSR count). The molecule has 0 atom stereocenters. The molecule has 26 heavy (non-hydrogen) atoms. The third kappa shape index (κ3) is 2.80. The first kappa shape index (κ1) is 16.9. The van der Waals surface area contributed by atoms with Crippen molar-refractivity contribution in [3.8, 4) is 21.8 Å². The zero-order valence-corrected chi connectivity index (χ0v) is 16.1. The van der Waals surface area contributed by atoms with Crippen LogP contribution in [0.25, 0.3) is 32.0 Å². The van der Waals surface area contributed by atoms with Crippen LogP contribution in [0.5, 0.6) is 0 Å². The molecule has 0 saturated carbocycles. The van der Waals surface area contributed by atoms with Gasteiger partial charge in [0, 0.05) is 11.6 Å². The summed E-state index contributed by atoms with van der Waals surface area (Å²) >= 11 is 1.64. The summed E-state index contributed by atoms with van der Waals surface area (Å²) in [4.78, 5) is 4.93. The molecular weight excluding hydrogens is 343 g/mol. The number of benzene rings is 2. The maximum atomic E-state index is 13.2. The van der Waals surface area contributed by atoms with Gasteiger partial charge in [-0.05, 0) is 62.2 Å². The van der Waals surface area contributed by atoms with Crippen LogP contribution in [0.15, 0.2) is 48.7 Å². The number of halogens is 1. The Hall–Kier alpha value is -2.59.